The Balaban J connectivity index is 1.69. The molecule has 4 rings (SSSR count). The highest BCUT2D eigenvalue weighted by Crippen LogP contribution is 2.39. The number of rotatable bonds is 5. The van der Waals surface area contributed by atoms with Gasteiger partial charge in [0, 0.05) is 25.0 Å². The molecule has 0 spiro atoms. The maximum Gasteiger partial charge on any atom is 0.139 e. The Morgan fingerprint density at radius 2 is 1.91 bits per heavy atom. The molecule has 0 bridgehead atoms. The van der Waals surface area contributed by atoms with Gasteiger partial charge in [-0.1, -0.05) is 29.3 Å². The average Bonchev–Trinajstić information content (AvgIpc) is 3.23. The Hall–Kier alpha value is -3.33. The molecule has 0 unspecified atom stereocenters. The fourth-order valence-electron chi connectivity index (χ4n) is 3.25. The van der Waals surface area contributed by atoms with Crippen LogP contribution in [0.1, 0.15) is 21.7 Å². The summed E-state index contributed by atoms with van der Waals surface area (Å²) in [6, 6.07) is 11.3. The molecule has 4 aromatic rings. The molecule has 0 saturated heterocycles. The van der Waals surface area contributed by atoms with E-state index in [1.165, 1.54) is 24.6 Å². The lowest BCUT2D eigenvalue weighted by atomic mass is 10.2. The van der Waals surface area contributed by atoms with Crippen molar-refractivity contribution in [2.75, 3.05) is 26.5 Å². The summed E-state index contributed by atoms with van der Waals surface area (Å²) in [5, 5.41) is 13.7. The number of nitrogens with one attached hydrogen (secondary N) is 1. The van der Waals surface area contributed by atoms with E-state index >= 15 is 0 Å². The number of methoxy groups -OCH3 is 1. The molecule has 0 fully saturated rings. The quantitative estimate of drug-likeness (QED) is 0.329. The van der Waals surface area contributed by atoms with E-state index in [2.05, 4.69) is 38.1 Å². The molecule has 0 amide bonds. The highest BCUT2D eigenvalue weighted by molar-refractivity contribution is 7.20. The first-order valence-electron chi connectivity index (χ1n) is 10.1. The molecule has 0 aliphatic heterocycles. The highest BCUT2D eigenvalue weighted by atomic mass is 35.5. The van der Waals surface area contributed by atoms with Gasteiger partial charge in [-0.05, 0) is 49.7 Å². The zero-order valence-electron chi connectivity index (χ0n) is 18.6. The van der Waals surface area contributed by atoms with E-state index in [0.717, 1.165) is 27.2 Å². The monoisotopic (exact) mass is 507 g/mol. The SMILES string of the molecule is COc1cc(Nc2c(C#N)cnc3cc(C#Cc4ccc(CN(C)C)cn4)sc23)c(Cl)cc1Cl. The van der Waals surface area contributed by atoms with Gasteiger partial charge in [-0.25, -0.2) is 4.98 Å². The maximum absolute atomic E-state index is 9.66. The van der Waals surface area contributed by atoms with Crippen LogP contribution in [0.15, 0.2) is 42.7 Å². The number of nitriles is 1. The molecule has 1 N–H and O–H groups in total. The number of pyridine rings is 2. The van der Waals surface area contributed by atoms with Crippen molar-refractivity contribution in [3.8, 4) is 23.7 Å². The number of aromatic nitrogens is 2. The van der Waals surface area contributed by atoms with Crippen LogP contribution in [-0.2, 0) is 6.54 Å². The van der Waals surface area contributed by atoms with Crippen LogP contribution in [0.4, 0.5) is 11.4 Å². The fourth-order valence-corrected chi connectivity index (χ4v) is 4.73. The van der Waals surface area contributed by atoms with E-state index in [1.807, 2.05) is 38.5 Å². The van der Waals surface area contributed by atoms with E-state index < -0.39 is 0 Å². The third-order valence-corrected chi connectivity index (χ3v) is 6.47. The maximum atomic E-state index is 9.66. The predicted octanol–water partition coefficient (Wildman–Crippen LogP) is 6.08. The average molecular weight is 508 g/mol. The van der Waals surface area contributed by atoms with E-state index in [4.69, 9.17) is 27.9 Å². The van der Waals surface area contributed by atoms with Gasteiger partial charge in [0.1, 0.15) is 17.5 Å². The number of fused-ring (bicyclic) bond motifs is 1. The lowest BCUT2D eigenvalue weighted by molar-refractivity contribution is 0.402. The van der Waals surface area contributed by atoms with Crippen LogP contribution in [0, 0.1) is 23.2 Å². The molecule has 0 aliphatic rings. The Labute approximate surface area is 211 Å². The Morgan fingerprint density at radius 3 is 2.59 bits per heavy atom. The molecular weight excluding hydrogens is 489 g/mol. The van der Waals surface area contributed by atoms with Crippen molar-refractivity contribution in [2.24, 2.45) is 0 Å². The molecule has 0 saturated carbocycles. The number of ether oxygens (including phenoxy) is 1. The Morgan fingerprint density at radius 1 is 1.09 bits per heavy atom. The number of hydrogen-bond donors (Lipinski definition) is 1. The number of halogens is 2. The molecule has 6 nitrogen and oxygen atoms in total. The van der Waals surface area contributed by atoms with Crippen LogP contribution in [0.5, 0.6) is 5.75 Å². The van der Waals surface area contributed by atoms with Gasteiger partial charge in [-0.2, -0.15) is 5.26 Å². The van der Waals surface area contributed by atoms with E-state index in [0.29, 0.717) is 38.4 Å². The fraction of sp³-hybridized carbons (Fsp3) is 0.160. The summed E-state index contributed by atoms with van der Waals surface area (Å²) >= 11 is 14.0. The van der Waals surface area contributed by atoms with Gasteiger partial charge in [-0.3, -0.25) is 4.98 Å². The lowest BCUT2D eigenvalue weighted by Gasteiger charge is -2.13. The van der Waals surface area contributed by atoms with Crippen molar-refractivity contribution in [3.63, 3.8) is 0 Å². The predicted molar refractivity (Wildman–Crippen MR) is 138 cm³/mol. The summed E-state index contributed by atoms with van der Waals surface area (Å²) in [7, 11) is 5.56. The van der Waals surface area contributed by atoms with Gasteiger partial charge >= 0.3 is 0 Å². The van der Waals surface area contributed by atoms with E-state index in [1.54, 1.807) is 12.1 Å². The smallest absolute Gasteiger partial charge is 0.139 e. The van der Waals surface area contributed by atoms with Crippen LogP contribution in [0.25, 0.3) is 10.2 Å². The summed E-state index contributed by atoms with van der Waals surface area (Å²) in [4.78, 5) is 11.7. The molecular formula is C25H19Cl2N5OS. The highest BCUT2D eigenvalue weighted by Gasteiger charge is 2.15. The molecule has 0 atom stereocenters. The molecule has 3 heterocycles. The number of benzene rings is 1. The largest absolute Gasteiger partial charge is 0.495 e. The first kappa shape index (κ1) is 23.8. The van der Waals surface area contributed by atoms with Crippen molar-refractivity contribution < 1.29 is 4.74 Å². The normalized spacial score (nSPS) is 10.6. The minimum atomic E-state index is 0.386. The van der Waals surface area contributed by atoms with E-state index in [-0.39, 0.29) is 0 Å². The van der Waals surface area contributed by atoms with Crippen LogP contribution in [-0.4, -0.2) is 36.1 Å². The van der Waals surface area contributed by atoms with Crippen LogP contribution < -0.4 is 10.1 Å². The molecule has 170 valence electrons. The Bertz CT molecular complexity index is 1460. The van der Waals surface area contributed by atoms with Crippen molar-refractivity contribution in [3.05, 3.63) is 74.5 Å². The second-order valence-electron chi connectivity index (χ2n) is 7.61. The van der Waals surface area contributed by atoms with Gasteiger partial charge in [-0.15, -0.1) is 11.3 Å². The first-order valence-corrected chi connectivity index (χ1v) is 11.7. The molecule has 0 radical (unpaired) electrons. The first-order chi connectivity index (χ1) is 16.4. The third kappa shape index (κ3) is 5.25. The third-order valence-electron chi connectivity index (χ3n) is 4.80. The number of hydrogen-bond acceptors (Lipinski definition) is 7. The van der Waals surface area contributed by atoms with Crippen LogP contribution in [0.2, 0.25) is 10.0 Å². The Kier molecular flexibility index (Phi) is 7.21. The van der Waals surface area contributed by atoms with Crippen molar-refractivity contribution in [1.82, 2.24) is 14.9 Å². The van der Waals surface area contributed by atoms with Gasteiger partial charge in [0.2, 0.25) is 0 Å². The summed E-state index contributed by atoms with van der Waals surface area (Å²) < 4.78 is 6.09. The minimum absolute atomic E-state index is 0.386. The summed E-state index contributed by atoms with van der Waals surface area (Å²) in [5.41, 5.74) is 4.08. The van der Waals surface area contributed by atoms with Gasteiger partial charge in [0.05, 0.1) is 49.2 Å². The van der Waals surface area contributed by atoms with Crippen LogP contribution in [0.3, 0.4) is 0 Å². The van der Waals surface area contributed by atoms with Gasteiger partial charge < -0.3 is 15.0 Å². The zero-order chi connectivity index (χ0) is 24.2. The van der Waals surface area contributed by atoms with Crippen LogP contribution >= 0.6 is 34.5 Å². The number of nitrogens with zero attached hydrogens (tertiary/aromatic N) is 4. The van der Waals surface area contributed by atoms with Gasteiger partial charge in [0.25, 0.3) is 0 Å². The summed E-state index contributed by atoms with van der Waals surface area (Å²) in [6.07, 6.45) is 3.36. The van der Waals surface area contributed by atoms with Crippen molar-refractivity contribution >= 4 is 56.1 Å². The summed E-state index contributed by atoms with van der Waals surface area (Å²) in [5.74, 6) is 6.73. The second kappa shape index (κ2) is 10.3. The van der Waals surface area contributed by atoms with Crippen molar-refractivity contribution in [2.45, 2.75) is 6.54 Å². The number of thiophene rings is 1. The molecule has 9 heteroatoms. The van der Waals surface area contributed by atoms with Gasteiger partial charge in [0.15, 0.2) is 0 Å². The summed E-state index contributed by atoms with van der Waals surface area (Å²) in [6.45, 7) is 0.823. The standard InChI is InChI=1S/C25H19Cl2N5OS/c1-32(2)14-15-4-5-17(29-12-15)6-7-18-8-22-25(34-18)24(16(11-28)13-30-22)31-21-10-23(33-3)20(27)9-19(21)26/h4-5,8-10,12-13H,14H2,1-3H3,(H,30,31). The topological polar surface area (TPSA) is 74.1 Å². The minimum Gasteiger partial charge on any atom is -0.495 e. The molecule has 34 heavy (non-hydrogen) atoms. The molecule has 0 aliphatic carbocycles. The molecule has 3 aromatic heterocycles. The van der Waals surface area contributed by atoms with E-state index in [9.17, 15) is 5.26 Å². The zero-order valence-corrected chi connectivity index (χ0v) is 20.9. The molecule has 1 aromatic carbocycles. The lowest BCUT2D eigenvalue weighted by Crippen LogP contribution is -2.10. The second-order valence-corrected chi connectivity index (χ2v) is 9.48. The van der Waals surface area contributed by atoms with Crippen molar-refractivity contribution in [1.29, 1.82) is 5.26 Å². The number of anilines is 2.